The van der Waals surface area contributed by atoms with Crippen LogP contribution >= 0.6 is 0 Å². The third-order valence-corrected chi connectivity index (χ3v) is 4.60. The Kier molecular flexibility index (Phi) is 6.05. The van der Waals surface area contributed by atoms with Crippen molar-refractivity contribution in [3.63, 3.8) is 0 Å². The van der Waals surface area contributed by atoms with Gasteiger partial charge in [-0.05, 0) is 19.1 Å². The zero-order valence-electron chi connectivity index (χ0n) is 11.7. The van der Waals surface area contributed by atoms with Crippen LogP contribution in [0.2, 0.25) is 0 Å². The highest BCUT2D eigenvalue weighted by molar-refractivity contribution is 7.89. The van der Waals surface area contributed by atoms with Crippen LogP contribution in [-0.2, 0) is 21.4 Å². The Balaban J connectivity index is 2.95. The standard InChI is InChI=1S/C12H20N4O3S/c1-3-14-12(17)9-16(4-2)20(18,19)11-6-5-10(7-13)15-8-11/h5-6,8H,3-4,7,9,13H2,1-2H3,(H,14,17). The molecular weight excluding hydrogens is 280 g/mol. The van der Waals surface area contributed by atoms with Gasteiger partial charge in [-0.1, -0.05) is 6.92 Å². The summed E-state index contributed by atoms with van der Waals surface area (Å²) >= 11 is 0. The lowest BCUT2D eigenvalue weighted by atomic mass is 10.4. The van der Waals surface area contributed by atoms with Crippen molar-refractivity contribution in [2.75, 3.05) is 19.6 Å². The van der Waals surface area contributed by atoms with E-state index in [4.69, 9.17) is 5.73 Å². The first-order valence-electron chi connectivity index (χ1n) is 6.37. The van der Waals surface area contributed by atoms with Gasteiger partial charge in [0.15, 0.2) is 0 Å². The average molecular weight is 300 g/mol. The minimum Gasteiger partial charge on any atom is -0.355 e. The Morgan fingerprint density at radius 1 is 1.40 bits per heavy atom. The van der Waals surface area contributed by atoms with Crippen LogP contribution in [0.4, 0.5) is 0 Å². The molecule has 7 nitrogen and oxygen atoms in total. The Bertz CT molecular complexity index is 542. The van der Waals surface area contributed by atoms with Crippen molar-refractivity contribution < 1.29 is 13.2 Å². The van der Waals surface area contributed by atoms with Crippen LogP contribution in [0.3, 0.4) is 0 Å². The zero-order valence-corrected chi connectivity index (χ0v) is 12.5. The number of pyridine rings is 1. The molecule has 1 rings (SSSR count). The monoisotopic (exact) mass is 300 g/mol. The summed E-state index contributed by atoms with van der Waals surface area (Å²) in [7, 11) is -3.72. The highest BCUT2D eigenvalue weighted by Crippen LogP contribution is 2.14. The van der Waals surface area contributed by atoms with E-state index in [1.54, 1.807) is 19.9 Å². The summed E-state index contributed by atoms with van der Waals surface area (Å²) in [6, 6.07) is 3.01. The van der Waals surface area contributed by atoms with Crippen LogP contribution in [0.25, 0.3) is 0 Å². The molecule has 0 saturated heterocycles. The molecule has 8 heteroatoms. The largest absolute Gasteiger partial charge is 0.355 e. The quantitative estimate of drug-likeness (QED) is 0.718. The summed E-state index contributed by atoms with van der Waals surface area (Å²) < 4.78 is 25.9. The second-order valence-corrected chi connectivity index (χ2v) is 6.01. The normalized spacial score (nSPS) is 11.6. The summed E-state index contributed by atoms with van der Waals surface area (Å²) in [6.07, 6.45) is 1.26. The van der Waals surface area contributed by atoms with Gasteiger partial charge in [-0.3, -0.25) is 9.78 Å². The summed E-state index contributed by atoms with van der Waals surface area (Å²) in [5.41, 5.74) is 6.03. The predicted molar refractivity (Wildman–Crippen MR) is 75.2 cm³/mol. The fourth-order valence-electron chi connectivity index (χ4n) is 1.61. The van der Waals surface area contributed by atoms with Gasteiger partial charge in [-0.15, -0.1) is 0 Å². The first kappa shape index (κ1) is 16.5. The first-order chi connectivity index (χ1) is 9.45. The molecular formula is C12H20N4O3S. The molecule has 1 amide bonds. The lowest BCUT2D eigenvalue weighted by Gasteiger charge is -2.19. The molecule has 1 aromatic rings. The molecule has 0 unspecified atom stereocenters. The number of amides is 1. The number of aromatic nitrogens is 1. The van der Waals surface area contributed by atoms with Crippen molar-refractivity contribution in [3.8, 4) is 0 Å². The number of likely N-dealkylation sites (N-methyl/N-ethyl adjacent to an activating group) is 2. The zero-order chi connectivity index (χ0) is 15.2. The minimum absolute atomic E-state index is 0.0563. The molecule has 112 valence electrons. The Morgan fingerprint density at radius 2 is 2.10 bits per heavy atom. The molecule has 1 aromatic heterocycles. The van der Waals surface area contributed by atoms with Crippen molar-refractivity contribution in [1.29, 1.82) is 0 Å². The van der Waals surface area contributed by atoms with Gasteiger partial charge >= 0.3 is 0 Å². The number of nitrogens with two attached hydrogens (primary N) is 1. The van der Waals surface area contributed by atoms with Crippen LogP contribution in [-0.4, -0.2) is 43.2 Å². The second-order valence-electron chi connectivity index (χ2n) is 4.07. The van der Waals surface area contributed by atoms with Crippen molar-refractivity contribution >= 4 is 15.9 Å². The summed E-state index contributed by atoms with van der Waals surface area (Å²) in [5.74, 6) is -0.329. The van der Waals surface area contributed by atoms with E-state index < -0.39 is 10.0 Å². The molecule has 0 fully saturated rings. The topological polar surface area (TPSA) is 105 Å². The van der Waals surface area contributed by atoms with Crippen molar-refractivity contribution in [2.45, 2.75) is 25.3 Å². The van der Waals surface area contributed by atoms with Crippen molar-refractivity contribution in [1.82, 2.24) is 14.6 Å². The summed E-state index contributed by atoms with van der Waals surface area (Å²) in [6.45, 7) is 4.17. The molecule has 0 aliphatic carbocycles. The van der Waals surface area contributed by atoms with Gasteiger partial charge in [0.25, 0.3) is 0 Å². The molecule has 0 aliphatic heterocycles. The molecule has 0 bridgehead atoms. The van der Waals surface area contributed by atoms with Crippen molar-refractivity contribution in [2.24, 2.45) is 5.73 Å². The van der Waals surface area contributed by atoms with Crippen LogP contribution in [0.15, 0.2) is 23.2 Å². The number of nitrogens with one attached hydrogen (secondary N) is 1. The van der Waals surface area contributed by atoms with Crippen LogP contribution in [0, 0.1) is 0 Å². The molecule has 1 heterocycles. The predicted octanol–water partition coefficient (Wildman–Crippen LogP) is -0.313. The van der Waals surface area contributed by atoms with E-state index in [9.17, 15) is 13.2 Å². The highest BCUT2D eigenvalue weighted by Gasteiger charge is 2.25. The van der Waals surface area contributed by atoms with Gasteiger partial charge in [0, 0.05) is 25.8 Å². The smallest absolute Gasteiger partial charge is 0.245 e. The van der Waals surface area contributed by atoms with Gasteiger partial charge in [0.1, 0.15) is 4.90 Å². The highest BCUT2D eigenvalue weighted by atomic mass is 32.2. The van der Waals surface area contributed by atoms with E-state index in [1.807, 2.05) is 0 Å². The Labute approximate surface area is 119 Å². The molecule has 3 N–H and O–H groups in total. The third kappa shape index (κ3) is 3.99. The maximum Gasteiger partial charge on any atom is 0.245 e. The van der Waals surface area contributed by atoms with E-state index in [0.29, 0.717) is 12.2 Å². The summed E-state index contributed by atoms with van der Waals surface area (Å²) in [4.78, 5) is 15.6. The fraction of sp³-hybridized carbons (Fsp3) is 0.500. The SMILES string of the molecule is CCNC(=O)CN(CC)S(=O)(=O)c1ccc(CN)nc1. The molecule has 20 heavy (non-hydrogen) atoms. The summed E-state index contributed by atoms with van der Waals surface area (Å²) in [5, 5.41) is 2.57. The third-order valence-electron chi connectivity index (χ3n) is 2.69. The number of hydrogen-bond acceptors (Lipinski definition) is 5. The number of rotatable bonds is 7. The van der Waals surface area contributed by atoms with Gasteiger partial charge in [0.05, 0.1) is 12.2 Å². The molecule has 0 radical (unpaired) electrons. The molecule has 0 aliphatic rings. The maximum absolute atomic E-state index is 12.4. The van der Waals surface area contributed by atoms with Gasteiger partial charge in [0.2, 0.25) is 15.9 Å². The van der Waals surface area contributed by atoms with Gasteiger partial charge in [-0.25, -0.2) is 8.42 Å². The number of nitrogens with zero attached hydrogens (tertiary/aromatic N) is 2. The minimum atomic E-state index is -3.72. The number of carbonyl (C=O) groups is 1. The van der Waals surface area contributed by atoms with E-state index in [-0.39, 0.29) is 30.4 Å². The Morgan fingerprint density at radius 3 is 2.55 bits per heavy atom. The van der Waals surface area contributed by atoms with Crippen LogP contribution < -0.4 is 11.1 Å². The first-order valence-corrected chi connectivity index (χ1v) is 7.81. The fourth-order valence-corrected chi connectivity index (χ4v) is 2.96. The van der Waals surface area contributed by atoms with Gasteiger partial charge in [-0.2, -0.15) is 4.31 Å². The molecule has 0 saturated carbocycles. The number of hydrogen-bond donors (Lipinski definition) is 2. The van der Waals surface area contributed by atoms with Crippen molar-refractivity contribution in [3.05, 3.63) is 24.0 Å². The van der Waals surface area contributed by atoms with E-state index >= 15 is 0 Å². The van der Waals surface area contributed by atoms with E-state index in [2.05, 4.69) is 10.3 Å². The van der Waals surface area contributed by atoms with Crippen LogP contribution in [0.1, 0.15) is 19.5 Å². The molecule has 0 spiro atoms. The Hall–Kier alpha value is -1.51. The van der Waals surface area contributed by atoms with E-state index in [1.165, 1.54) is 12.3 Å². The van der Waals surface area contributed by atoms with Gasteiger partial charge < -0.3 is 11.1 Å². The lowest BCUT2D eigenvalue weighted by Crippen LogP contribution is -2.40. The maximum atomic E-state index is 12.4. The number of sulfonamides is 1. The average Bonchev–Trinajstić information content (AvgIpc) is 2.45. The lowest BCUT2D eigenvalue weighted by molar-refractivity contribution is -0.121. The number of carbonyl (C=O) groups excluding carboxylic acids is 1. The van der Waals surface area contributed by atoms with Crippen LogP contribution in [0.5, 0.6) is 0 Å². The second kappa shape index (κ2) is 7.32. The molecule has 0 atom stereocenters. The molecule has 0 aromatic carbocycles. The van der Waals surface area contributed by atoms with E-state index in [0.717, 1.165) is 4.31 Å².